The van der Waals surface area contributed by atoms with E-state index in [4.69, 9.17) is 0 Å². The van der Waals surface area contributed by atoms with Gasteiger partial charge in [0, 0.05) is 45.8 Å². The van der Waals surface area contributed by atoms with Gasteiger partial charge >= 0.3 is 5.97 Å². The summed E-state index contributed by atoms with van der Waals surface area (Å²) in [5, 5.41) is 9.69. The molecule has 0 atom stereocenters. The summed E-state index contributed by atoms with van der Waals surface area (Å²) in [5.74, 6) is -1.37. The molecule has 0 aromatic heterocycles. The number of aliphatic carboxylic acids is 1. The molecule has 1 aliphatic heterocycles. The zero-order valence-corrected chi connectivity index (χ0v) is 20.0. The van der Waals surface area contributed by atoms with Gasteiger partial charge < -0.3 is 10.0 Å². The van der Waals surface area contributed by atoms with Crippen molar-refractivity contribution in [2.24, 2.45) is 10.8 Å². The first-order chi connectivity index (χ1) is 14.4. The molecule has 1 N–H and O–H groups in total. The SMILES string of the molecule is CC1(C)CC(=O)C2=C(C1)N(CC(=O)O)C1=C(C(=O)CC(C)(C)C1)C2c1ccc(Br)cc1. The van der Waals surface area contributed by atoms with Gasteiger partial charge in [0.05, 0.1) is 0 Å². The van der Waals surface area contributed by atoms with E-state index in [9.17, 15) is 19.5 Å². The second-order valence-corrected chi connectivity index (χ2v) is 11.5. The molecule has 6 heteroatoms. The minimum absolute atomic E-state index is 0.0127. The monoisotopic (exact) mass is 485 g/mol. The van der Waals surface area contributed by atoms with Crippen molar-refractivity contribution in [3.05, 3.63) is 56.8 Å². The topological polar surface area (TPSA) is 74.7 Å². The Bertz CT molecular complexity index is 992. The Hall–Kier alpha value is -2.21. The van der Waals surface area contributed by atoms with Crippen LogP contribution in [-0.2, 0) is 14.4 Å². The van der Waals surface area contributed by atoms with Gasteiger partial charge in [0.1, 0.15) is 6.54 Å². The molecule has 0 saturated carbocycles. The van der Waals surface area contributed by atoms with Gasteiger partial charge in [0.2, 0.25) is 0 Å². The Morgan fingerprint density at radius 2 is 1.39 bits per heavy atom. The third-order valence-corrected chi connectivity index (χ3v) is 7.05. The van der Waals surface area contributed by atoms with Gasteiger partial charge in [-0.1, -0.05) is 55.8 Å². The van der Waals surface area contributed by atoms with Crippen molar-refractivity contribution < 1.29 is 19.5 Å². The fourth-order valence-corrected chi connectivity index (χ4v) is 5.63. The van der Waals surface area contributed by atoms with Crippen molar-refractivity contribution in [3.63, 3.8) is 0 Å². The maximum absolute atomic E-state index is 13.5. The molecule has 1 aromatic carbocycles. The molecule has 5 nitrogen and oxygen atoms in total. The number of benzene rings is 1. The van der Waals surface area contributed by atoms with Gasteiger partial charge in [-0.05, 0) is 41.4 Å². The fourth-order valence-electron chi connectivity index (χ4n) is 5.36. The summed E-state index contributed by atoms with van der Waals surface area (Å²) in [6.45, 7) is 7.94. The van der Waals surface area contributed by atoms with Crippen LogP contribution in [0.1, 0.15) is 64.9 Å². The lowest BCUT2D eigenvalue weighted by molar-refractivity contribution is -0.138. The number of carboxylic acids is 1. The van der Waals surface area contributed by atoms with Crippen molar-refractivity contribution in [2.45, 2.75) is 59.3 Å². The highest BCUT2D eigenvalue weighted by Gasteiger charge is 2.49. The maximum Gasteiger partial charge on any atom is 0.323 e. The number of halogens is 1. The summed E-state index contributed by atoms with van der Waals surface area (Å²) in [6, 6.07) is 7.76. The molecule has 1 aromatic rings. The average molecular weight is 486 g/mol. The van der Waals surface area contributed by atoms with Gasteiger partial charge in [-0.2, -0.15) is 0 Å². The van der Waals surface area contributed by atoms with Crippen LogP contribution in [0.4, 0.5) is 0 Å². The number of ketones is 2. The van der Waals surface area contributed by atoms with Crippen molar-refractivity contribution in [1.82, 2.24) is 4.90 Å². The van der Waals surface area contributed by atoms with Gasteiger partial charge in [-0.15, -0.1) is 0 Å². The van der Waals surface area contributed by atoms with Crippen LogP contribution in [-0.4, -0.2) is 34.1 Å². The molecule has 3 aliphatic rings. The highest BCUT2D eigenvalue weighted by Crippen LogP contribution is 2.54. The van der Waals surface area contributed by atoms with Crippen LogP contribution in [0.5, 0.6) is 0 Å². The van der Waals surface area contributed by atoms with Gasteiger partial charge in [0.25, 0.3) is 0 Å². The summed E-state index contributed by atoms with van der Waals surface area (Å²) < 4.78 is 0.926. The van der Waals surface area contributed by atoms with Crippen molar-refractivity contribution >= 4 is 33.5 Å². The van der Waals surface area contributed by atoms with Crippen LogP contribution in [0.15, 0.2) is 51.3 Å². The molecule has 0 bridgehead atoms. The summed E-state index contributed by atoms with van der Waals surface area (Å²) >= 11 is 3.47. The number of nitrogens with zero attached hydrogens (tertiary/aromatic N) is 1. The Kier molecular flexibility index (Phi) is 5.28. The van der Waals surface area contributed by atoms with E-state index >= 15 is 0 Å². The standard InChI is InChI=1S/C25H28BrNO4/c1-24(2)9-16-22(18(28)11-24)21(14-5-7-15(26)8-6-14)23-17(27(16)13-20(30)31)10-25(3,4)12-19(23)29/h5-8,21H,9-13H2,1-4H3,(H,30,31). The molecule has 0 radical (unpaired) electrons. The molecule has 0 fully saturated rings. The van der Waals surface area contributed by atoms with E-state index < -0.39 is 11.9 Å². The largest absolute Gasteiger partial charge is 0.480 e. The van der Waals surface area contributed by atoms with E-state index in [1.807, 2.05) is 52.0 Å². The minimum Gasteiger partial charge on any atom is -0.480 e. The number of rotatable bonds is 3. The predicted molar refractivity (Wildman–Crippen MR) is 121 cm³/mol. The van der Waals surface area contributed by atoms with E-state index in [2.05, 4.69) is 15.9 Å². The first kappa shape index (κ1) is 22.0. The zero-order chi connectivity index (χ0) is 22.7. The molecule has 2 aliphatic carbocycles. The summed E-state index contributed by atoms with van der Waals surface area (Å²) in [7, 11) is 0. The predicted octanol–water partition coefficient (Wildman–Crippen LogP) is 5.22. The number of hydrogen-bond acceptors (Lipinski definition) is 4. The van der Waals surface area contributed by atoms with E-state index in [0.717, 1.165) is 21.4 Å². The summed E-state index contributed by atoms with van der Waals surface area (Å²) in [6.07, 6.45) is 2.00. The van der Waals surface area contributed by atoms with Gasteiger partial charge in [-0.25, -0.2) is 0 Å². The highest BCUT2D eigenvalue weighted by atomic mass is 79.9. The molecule has 1 heterocycles. The molecular weight excluding hydrogens is 458 g/mol. The zero-order valence-electron chi connectivity index (χ0n) is 18.4. The summed E-state index contributed by atoms with van der Waals surface area (Å²) in [5.41, 5.74) is 3.15. The highest BCUT2D eigenvalue weighted by molar-refractivity contribution is 9.10. The quantitative estimate of drug-likeness (QED) is 0.634. The number of carbonyl (C=O) groups excluding carboxylic acids is 2. The number of allylic oxidation sites excluding steroid dienone is 4. The van der Waals surface area contributed by atoms with E-state index in [0.29, 0.717) is 36.8 Å². The van der Waals surface area contributed by atoms with Gasteiger partial charge in [-0.3, -0.25) is 14.4 Å². The van der Waals surface area contributed by atoms with Crippen LogP contribution in [0, 0.1) is 10.8 Å². The van der Waals surface area contributed by atoms with Crippen LogP contribution in [0.3, 0.4) is 0 Å². The molecule has 4 rings (SSSR count). The Morgan fingerprint density at radius 3 is 1.81 bits per heavy atom. The van der Waals surface area contributed by atoms with E-state index in [1.165, 1.54) is 0 Å². The fraction of sp³-hybridized carbons (Fsp3) is 0.480. The third-order valence-electron chi connectivity index (χ3n) is 6.52. The second kappa shape index (κ2) is 7.44. The van der Waals surface area contributed by atoms with Crippen LogP contribution in [0.25, 0.3) is 0 Å². The molecule has 0 spiro atoms. The third kappa shape index (κ3) is 4.02. The lowest BCUT2D eigenvalue weighted by atomic mass is 9.63. The molecular formula is C25H28BrNO4. The molecule has 0 amide bonds. The molecule has 0 unspecified atom stereocenters. The molecule has 0 saturated heterocycles. The van der Waals surface area contributed by atoms with Crippen molar-refractivity contribution in [2.75, 3.05) is 6.54 Å². The number of hydrogen-bond donors (Lipinski definition) is 1. The lowest BCUT2D eigenvalue weighted by Gasteiger charge is -2.48. The van der Waals surface area contributed by atoms with Crippen LogP contribution < -0.4 is 0 Å². The number of carbonyl (C=O) groups is 3. The number of Topliss-reactive ketones (excluding diaryl/α,β-unsaturated/α-hetero) is 2. The Morgan fingerprint density at radius 1 is 0.935 bits per heavy atom. The molecule has 31 heavy (non-hydrogen) atoms. The van der Waals surface area contributed by atoms with Crippen LogP contribution >= 0.6 is 15.9 Å². The first-order valence-electron chi connectivity index (χ1n) is 10.7. The van der Waals surface area contributed by atoms with Crippen molar-refractivity contribution in [1.29, 1.82) is 0 Å². The Labute approximate surface area is 191 Å². The van der Waals surface area contributed by atoms with Gasteiger partial charge in [0.15, 0.2) is 11.6 Å². The van der Waals surface area contributed by atoms with E-state index in [-0.39, 0.29) is 28.9 Å². The normalized spacial score (nSPS) is 23.1. The summed E-state index contributed by atoms with van der Waals surface area (Å²) in [4.78, 5) is 40.5. The average Bonchev–Trinajstić information content (AvgIpc) is 2.61. The first-order valence-corrected chi connectivity index (χ1v) is 11.5. The molecule has 164 valence electrons. The smallest absolute Gasteiger partial charge is 0.323 e. The number of carboxylic acid groups (broad SMARTS) is 1. The van der Waals surface area contributed by atoms with Crippen LogP contribution in [0.2, 0.25) is 0 Å². The maximum atomic E-state index is 13.5. The minimum atomic E-state index is -0.965. The van der Waals surface area contributed by atoms with E-state index in [1.54, 1.807) is 4.90 Å². The second-order valence-electron chi connectivity index (χ2n) is 10.6. The Balaban J connectivity index is 2.00. The van der Waals surface area contributed by atoms with Crippen molar-refractivity contribution in [3.8, 4) is 0 Å². The lowest BCUT2D eigenvalue weighted by Crippen LogP contribution is -2.45.